The van der Waals surface area contributed by atoms with Crippen molar-refractivity contribution >= 4 is 20.8 Å². The normalized spacial score (nSPS) is 18.6. The molecule has 1 aromatic rings. The third kappa shape index (κ3) is 3.85. The molecular weight excluding hydrogens is 286 g/mol. The number of nitrogens with zero attached hydrogens (tertiary/aromatic N) is 1. The van der Waals surface area contributed by atoms with Gasteiger partial charge < -0.3 is 5.11 Å². The summed E-state index contributed by atoms with van der Waals surface area (Å²) in [5.74, 6) is 0.749. The maximum absolute atomic E-state index is 12.2. The summed E-state index contributed by atoms with van der Waals surface area (Å²) in [6, 6.07) is 6.92. The van der Waals surface area contributed by atoms with Gasteiger partial charge in [0, 0.05) is 35.4 Å². The van der Waals surface area contributed by atoms with Gasteiger partial charge in [-0.3, -0.25) is 4.21 Å². The lowest BCUT2D eigenvalue weighted by molar-refractivity contribution is 0.281. The Bertz CT molecular complexity index is 561. The molecule has 0 atom stereocenters. The van der Waals surface area contributed by atoms with Crippen molar-refractivity contribution in [3.63, 3.8) is 0 Å². The molecule has 0 unspecified atom stereocenters. The van der Waals surface area contributed by atoms with E-state index in [1.165, 1.54) is 4.31 Å². The van der Waals surface area contributed by atoms with Crippen LogP contribution in [0.4, 0.5) is 0 Å². The molecule has 5 nitrogen and oxygen atoms in total. The first-order chi connectivity index (χ1) is 9.01. The van der Waals surface area contributed by atoms with Crippen LogP contribution in [0.15, 0.2) is 24.3 Å². The van der Waals surface area contributed by atoms with Crippen LogP contribution in [0.25, 0.3) is 0 Å². The minimum Gasteiger partial charge on any atom is -0.392 e. The third-order valence-corrected chi connectivity index (χ3v) is 6.18. The number of benzene rings is 1. The molecule has 0 bridgehead atoms. The third-order valence-electron chi connectivity index (χ3n) is 3.05. The standard InChI is InChI=1S/C12H17NO4S2/c14-9-11-2-1-3-12(8-11)10-19(16,17)13-4-6-18(15)7-5-13/h1-3,8,14H,4-7,9-10H2. The van der Waals surface area contributed by atoms with Crippen LogP contribution in [0.5, 0.6) is 0 Å². The Balaban J connectivity index is 2.10. The number of hydrogen-bond donors (Lipinski definition) is 1. The van der Waals surface area contributed by atoms with Gasteiger partial charge in [0.15, 0.2) is 0 Å². The highest BCUT2D eigenvalue weighted by molar-refractivity contribution is 7.88. The van der Waals surface area contributed by atoms with E-state index in [-0.39, 0.29) is 12.4 Å². The van der Waals surface area contributed by atoms with Crippen molar-refractivity contribution in [3.8, 4) is 0 Å². The van der Waals surface area contributed by atoms with Crippen LogP contribution >= 0.6 is 0 Å². The van der Waals surface area contributed by atoms with Crippen molar-refractivity contribution in [2.45, 2.75) is 12.4 Å². The molecule has 1 fully saturated rings. The number of hydrogen-bond acceptors (Lipinski definition) is 4. The highest BCUT2D eigenvalue weighted by Crippen LogP contribution is 2.14. The van der Waals surface area contributed by atoms with Gasteiger partial charge in [-0.2, -0.15) is 4.31 Å². The van der Waals surface area contributed by atoms with Gasteiger partial charge in [0.1, 0.15) is 0 Å². The summed E-state index contributed by atoms with van der Waals surface area (Å²) in [4.78, 5) is 0. The average molecular weight is 303 g/mol. The van der Waals surface area contributed by atoms with E-state index in [2.05, 4.69) is 0 Å². The zero-order chi connectivity index (χ0) is 13.9. The van der Waals surface area contributed by atoms with Gasteiger partial charge in [-0.1, -0.05) is 24.3 Å². The molecule has 0 aliphatic carbocycles. The monoisotopic (exact) mass is 303 g/mol. The van der Waals surface area contributed by atoms with Crippen LogP contribution in [0.1, 0.15) is 11.1 Å². The molecule has 1 saturated heterocycles. The van der Waals surface area contributed by atoms with E-state index in [9.17, 15) is 12.6 Å². The zero-order valence-corrected chi connectivity index (χ0v) is 12.1. The zero-order valence-electron chi connectivity index (χ0n) is 10.5. The number of sulfonamides is 1. The van der Waals surface area contributed by atoms with Gasteiger partial charge >= 0.3 is 0 Å². The summed E-state index contributed by atoms with van der Waals surface area (Å²) in [7, 11) is -4.25. The number of aliphatic hydroxyl groups excluding tert-OH is 1. The van der Waals surface area contributed by atoms with Crippen molar-refractivity contribution in [2.75, 3.05) is 24.6 Å². The van der Waals surface area contributed by atoms with Gasteiger partial charge in [0.25, 0.3) is 0 Å². The predicted molar refractivity (Wildman–Crippen MR) is 74.4 cm³/mol. The molecule has 1 aromatic carbocycles. The number of rotatable bonds is 4. The Morgan fingerprint density at radius 3 is 2.47 bits per heavy atom. The second kappa shape index (κ2) is 6.13. The van der Waals surface area contributed by atoms with Gasteiger partial charge in [-0.15, -0.1) is 0 Å². The molecule has 0 aromatic heterocycles. The first kappa shape index (κ1) is 14.6. The maximum Gasteiger partial charge on any atom is 0.218 e. The Labute approximate surface area is 115 Å². The van der Waals surface area contributed by atoms with Crippen LogP contribution in [-0.2, 0) is 33.2 Å². The van der Waals surface area contributed by atoms with Gasteiger partial charge in [-0.05, 0) is 11.1 Å². The highest BCUT2D eigenvalue weighted by atomic mass is 32.2. The van der Waals surface area contributed by atoms with Crippen molar-refractivity contribution in [2.24, 2.45) is 0 Å². The molecule has 1 N–H and O–H groups in total. The highest BCUT2D eigenvalue weighted by Gasteiger charge is 2.26. The Morgan fingerprint density at radius 2 is 1.84 bits per heavy atom. The first-order valence-electron chi connectivity index (χ1n) is 6.03. The molecule has 0 spiro atoms. The summed E-state index contributed by atoms with van der Waals surface area (Å²) >= 11 is 0. The minimum absolute atomic E-state index is 0.0759. The van der Waals surface area contributed by atoms with Crippen LogP contribution in [0.3, 0.4) is 0 Å². The minimum atomic E-state index is -3.37. The topological polar surface area (TPSA) is 74.7 Å². The molecule has 1 heterocycles. The van der Waals surface area contributed by atoms with Crippen LogP contribution in [0, 0.1) is 0 Å². The lowest BCUT2D eigenvalue weighted by atomic mass is 10.1. The fraction of sp³-hybridized carbons (Fsp3) is 0.500. The summed E-state index contributed by atoms with van der Waals surface area (Å²) in [6.45, 7) is 0.555. The van der Waals surface area contributed by atoms with Crippen LogP contribution in [0.2, 0.25) is 0 Å². The average Bonchev–Trinajstić information content (AvgIpc) is 2.39. The molecule has 2 rings (SSSR count). The first-order valence-corrected chi connectivity index (χ1v) is 9.12. The largest absolute Gasteiger partial charge is 0.392 e. The molecule has 1 aliphatic heterocycles. The lowest BCUT2D eigenvalue weighted by Gasteiger charge is -2.25. The van der Waals surface area contributed by atoms with E-state index in [1.54, 1.807) is 24.3 Å². The number of aliphatic hydroxyl groups is 1. The second-order valence-corrected chi connectivity index (χ2v) is 8.15. The van der Waals surface area contributed by atoms with E-state index in [0.29, 0.717) is 35.7 Å². The van der Waals surface area contributed by atoms with Crippen LogP contribution in [-0.4, -0.2) is 46.6 Å². The molecule has 19 heavy (non-hydrogen) atoms. The van der Waals surface area contributed by atoms with Crippen molar-refractivity contribution < 1.29 is 17.7 Å². The van der Waals surface area contributed by atoms with E-state index in [4.69, 9.17) is 5.11 Å². The summed E-state index contributed by atoms with van der Waals surface area (Å²) in [5, 5.41) is 9.04. The maximum atomic E-state index is 12.2. The molecule has 0 radical (unpaired) electrons. The fourth-order valence-electron chi connectivity index (χ4n) is 2.02. The summed E-state index contributed by atoms with van der Waals surface area (Å²) in [6.07, 6.45) is 0. The van der Waals surface area contributed by atoms with Crippen LogP contribution < -0.4 is 0 Å². The molecular formula is C12H17NO4S2. The quantitative estimate of drug-likeness (QED) is 0.854. The Kier molecular flexibility index (Phi) is 4.72. The smallest absolute Gasteiger partial charge is 0.218 e. The van der Waals surface area contributed by atoms with Gasteiger partial charge in [0.2, 0.25) is 10.0 Å². The molecule has 106 valence electrons. The molecule has 0 amide bonds. The van der Waals surface area contributed by atoms with Crippen molar-refractivity contribution in [3.05, 3.63) is 35.4 Å². The SMILES string of the molecule is O=S1CCN(S(=O)(=O)Cc2cccc(CO)c2)CC1. The van der Waals surface area contributed by atoms with E-state index in [0.717, 1.165) is 0 Å². The summed E-state index contributed by atoms with van der Waals surface area (Å²) in [5.41, 5.74) is 1.37. The lowest BCUT2D eigenvalue weighted by Crippen LogP contribution is -2.42. The van der Waals surface area contributed by atoms with Crippen molar-refractivity contribution in [1.82, 2.24) is 4.31 Å². The predicted octanol–water partition coefficient (Wildman–Crippen LogP) is 0.0730. The Morgan fingerprint density at radius 1 is 1.21 bits per heavy atom. The molecule has 7 heteroatoms. The van der Waals surface area contributed by atoms with E-state index < -0.39 is 20.8 Å². The molecule has 1 aliphatic rings. The van der Waals surface area contributed by atoms with E-state index in [1.807, 2.05) is 0 Å². The second-order valence-electron chi connectivity index (χ2n) is 4.48. The summed E-state index contributed by atoms with van der Waals surface area (Å²) < 4.78 is 37.1. The van der Waals surface area contributed by atoms with Crippen molar-refractivity contribution in [1.29, 1.82) is 0 Å². The van der Waals surface area contributed by atoms with Gasteiger partial charge in [0.05, 0.1) is 12.4 Å². The van der Waals surface area contributed by atoms with Gasteiger partial charge in [-0.25, -0.2) is 8.42 Å². The fourth-order valence-corrected chi connectivity index (χ4v) is 4.82. The Hall–Kier alpha value is -0.760. The molecule has 0 saturated carbocycles. The van der Waals surface area contributed by atoms with E-state index >= 15 is 0 Å².